The van der Waals surface area contributed by atoms with Crippen LogP contribution in [0.15, 0.2) is 23.1 Å². The van der Waals surface area contributed by atoms with Gasteiger partial charge in [-0.15, -0.1) is 0 Å². The molecule has 12 heavy (non-hydrogen) atoms. The second-order valence-electron chi connectivity index (χ2n) is 2.12. The van der Waals surface area contributed by atoms with Gasteiger partial charge in [0.2, 0.25) is 0 Å². The zero-order chi connectivity index (χ0) is 9.35. The molecule has 0 radical (unpaired) electrons. The van der Waals surface area contributed by atoms with Crippen molar-refractivity contribution in [2.75, 3.05) is 5.73 Å². The van der Waals surface area contributed by atoms with Gasteiger partial charge >= 0.3 is 0 Å². The SMILES string of the molecule is Nc1cc(S(=O)(=O)Cl)ccc1F. The molecule has 0 unspecified atom stereocenters. The van der Waals surface area contributed by atoms with Crippen molar-refractivity contribution in [3.63, 3.8) is 0 Å². The van der Waals surface area contributed by atoms with E-state index in [1.54, 1.807) is 0 Å². The van der Waals surface area contributed by atoms with E-state index in [0.717, 1.165) is 18.2 Å². The first-order valence-corrected chi connectivity index (χ1v) is 5.22. The Kier molecular flexibility index (Phi) is 2.25. The summed E-state index contributed by atoms with van der Waals surface area (Å²) >= 11 is 0. The topological polar surface area (TPSA) is 60.2 Å². The molecular formula is C6H5ClFNO2S. The lowest BCUT2D eigenvalue weighted by Crippen LogP contribution is -1.95. The van der Waals surface area contributed by atoms with E-state index in [1.807, 2.05) is 0 Å². The Morgan fingerprint density at radius 3 is 2.42 bits per heavy atom. The molecule has 0 amide bonds. The second kappa shape index (κ2) is 2.91. The Bertz CT molecular complexity index is 404. The van der Waals surface area contributed by atoms with E-state index in [2.05, 4.69) is 0 Å². The fourth-order valence-electron chi connectivity index (χ4n) is 0.673. The molecule has 0 aromatic heterocycles. The summed E-state index contributed by atoms with van der Waals surface area (Å²) in [6.45, 7) is 0. The van der Waals surface area contributed by atoms with Crippen molar-refractivity contribution in [2.24, 2.45) is 0 Å². The number of rotatable bonds is 1. The highest BCUT2D eigenvalue weighted by Crippen LogP contribution is 2.19. The summed E-state index contributed by atoms with van der Waals surface area (Å²) in [7, 11) is 1.16. The third-order valence-corrected chi connectivity index (χ3v) is 2.60. The first-order valence-electron chi connectivity index (χ1n) is 2.91. The Morgan fingerprint density at radius 1 is 1.42 bits per heavy atom. The number of hydrogen-bond donors (Lipinski definition) is 1. The number of halogens is 2. The molecule has 1 aromatic carbocycles. The van der Waals surface area contributed by atoms with Gasteiger partial charge < -0.3 is 5.73 Å². The van der Waals surface area contributed by atoms with Crippen molar-refractivity contribution in [1.82, 2.24) is 0 Å². The zero-order valence-electron chi connectivity index (χ0n) is 5.79. The first kappa shape index (κ1) is 9.28. The van der Waals surface area contributed by atoms with Crippen LogP contribution in [0.2, 0.25) is 0 Å². The highest BCUT2D eigenvalue weighted by atomic mass is 35.7. The van der Waals surface area contributed by atoms with E-state index in [-0.39, 0.29) is 10.6 Å². The second-order valence-corrected chi connectivity index (χ2v) is 4.69. The van der Waals surface area contributed by atoms with Crippen LogP contribution >= 0.6 is 10.7 Å². The lowest BCUT2D eigenvalue weighted by atomic mass is 10.3. The molecule has 2 N–H and O–H groups in total. The van der Waals surface area contributed by atoms with Crippen LogP contribution in [0.1, 0.15) is 0 Å². The third kappa shape index (κ3) is 1.86. The minimum absolute atomic E-state index is 0.205. The van der Waals surface area contributed by atoms with Crippen LogP contribution in [-0.4, -0.2) is 8.42 Å². The molecule has 0 aliphatic carbocycles. The Labute approximate surface area is 73.4 Å². The van der Waals surface area contributed by atoms with Gasteiger partial charge in [0.15, 0.2) is 0 Å². The van der Waals surface area contributed by atoms with Crippen LogP contribution < -0.4 is 5.73 Å². The quantitative estimate of drug-likeness (QED) is 0.561. The van der Waals surface area contributed by atoms with Crippen LogP contribution in [0.3, 0.4) is 0 Å². The number of hydrogen-bond acceptors (Lipinski definition) is 3. The summed E-state index contributed by atoms with van der Waals surface area (Å²) < 4.78 is 33.9. The molecule has 0 saturated carbocycles. The number of anilines is 1. The van der Waals surface area contributed by atoms with E-state index in [1.165, 1.54) is 0 Å². The molecule has 0 aliphatic rings. The highest BCUT2D eigenvalue weighted by molar-refractivity contribution is 8.13. The number of nitrogens with two attached hydrogens (primary N) is 1. The van der Waals surface area contributed by atoms with Crippen molar-refractivity contribution in [1.29, 1.82) is 0 Å². The largest absolute Gasteiger partial charge is 0.396 e. The zero-order valence-corrected chi connectivity index (χ0v) is 7.36. The van der Waals surface area contributed by atoms with Gasteiger partial charge in [-0.2, -0.15) is 0 Å². The monoisotopic (exact) mass is 209 g/mol. The third-order valence-electron chi connectivity index (χ3n) is 1.25. The summed E-state index contributed by atoms with van der Waals surface area (Å²) in [6, 6.07) is 2.97. The van der Waals surface area contributed by atoms with E-state index < -0.39 is 14.9 Å². The highest BCUT2D eigenvalue weighted by Gasteiger charge is 2.11. The van der Waals surface area contributed by atoms with Gasteiger partial charge in [-0.3, -0.25) is 0 Å². The van der Waals surface area contributed by atoms with Crippen molar-refractivity contribution in [3.8, 4) is 0 Å². The minimum atomic E-state index is -3.82. The maximum Gasteiger partial charge on any atom is 0.261 e. The minimum Gasteiger partial charge on any atom is -0.396 e. The van der Waals surface area contributed by atoms with Gasteiger partial charge in [0.05, 0.1) is 10.6 Å². The number of nitrogen functional groups attached to an aromatic ring is 1. The summed E-state index contributed by atoms with van der Waals surface area (Å²) in [6.07, 6.45) is 0. The molecule has 0 aliphatic heterocycles. The molecular weight excluding hydrogens is 205 g/mol. The van der Waals surface area contributed by atoms with Crippen molar-refractivity contribution >= 4 is 25.4 Å². The number of benzene rings is 1. The Hall–Kier alpha value is -0.810. The molecule has 0 fully saturated rings. The lowest BCUT2D eigenvalue weighted by Gasteiger charge is -1.98. The predicted molar refractivity (Wildman–Crippen MR) is 43.9 cm³/mol. The van der Waals surface area contributed by atoms with Gasteiger partial charge in [0.1, 0.15) is 5.82 Å². The van der Waals surface area contributed by atoms with E-state index >= 15 is 0 Å². The van der Waals surface area contributed by atoms with Gasteiger partial charge in [-0.25, -0.2) is 12.8 Å². The van der Waals surface area contributed by atoms with Crippen LogP contribution in [0.5, 0.6) is 0 Å². The molecule has 0 heterocycles. The van der Waals surface area contributed by atoms with Crippen LogP contribution in [0.25, 0.3) is 0 Å². The van der Waals surface area contributed by atoms with Gasteiger partial charge in [0.25, 0.3) is 9.05 Å². The van der Waals surface area contributed by atoms with E-state index in [4.69, 9.17) is 16.4 Å². The fourth-order valence-corrected chi connectivity index (χ4v) is 1.46. The average Bonchev–Trinajstić information content (AvgIpc) is 1.92. The molecule has 66 valence electrons. The Balaban J connectivity index is 3.33. The van der Waals surface area contributed by atoms with Crippen molar-refractivity contribution < 1.29 is 12.8 Å². The summed E-state index contributed by atoms with van der Waals surface area (Å²) in [5.41, 5.74) is 4.88. The molecule has 3 nitrogen and oxygen atoms in total. The smallest absolute Gasteiger partial charge is 0.261 e. The molecule has 0 atom stereocenters. The first-order chi connectivity index (χ1) is 5.41. The normalized spacial score (nSPS) is 11.5. The predicted octanol–water partition coefficient (Wildman–Crippen LogP) is 1.34. The lowest BCUT2D eigenvalue weighted by molar-refractivity contribution is 0.608. The molecule has 6 heteroatoms. The molecule has 0 spiro atoms. The van der Waals surface area contributed by atoms with Gasteiger partial charge in [-0.1, -0.05) is 0 Å². The average molecular weight is 210 g/mol. The van der Waals surface area contributed by atoms with Crippen molar-refractivity contribution in [2.45, 2.75) is 4.90 Å². The van der Waals surface area contributed by atoms with Gasteiger partial charge in [-0.05, 0) is 18.2 Å². The standard InChI is InChI=1S/C6H5ClFNO2S/c7-12(10,11)4-1-2-5(8)6(9)3-4/h1-3H,9H2. The van der Waals surface area contributed by atoms with Crippen LogP contribution in [0.4, 0.5) is 10.1 Å². The molecule has 0 saturated heterocycles. The maximum atomic E-state index is 12.5. The van der Waals surface area contributed by atoms with E-state index in [0.29, 0.717) is 0 Å². The fraction of sp³-hybridized carbons (Fsp3) is 0. The molecule has 1 aromatic rings. The van der Waals surface area contributed by atoms with Gasteiger partial charge in [0, 0.05) is 10.7 Å². The van der Waals surface area contributed by atoms with Crippen molar-refractivity contribution in [3.05, 3.63) is 24.0 Å². The maximum absolute atomic E-state index is 12.5. The Morgan fingerprint density at radius 2 is 2.00 bits per heavy atom. The summed E-state index contributed by atoms with van der Waals surface area (Å²) in [5, 5.41) is 0. The summed E-state index contributed by atoms with van der Waals surface area (Å²) in [5.74, 6) is -0.668. The van der Waals surface area contributed by atoms with Crippen LogP contribution in [0, 0.1) is 5.82 Å². The van der Waals surface area contributed by atoms with Crippen LogP contribution in [-0.2, 0) is 9.05 Å². The van der Waals surface area contributed by atoms with E-state index in [9.17, 15) is 12.8 Å². The summed E-state index contributed by atoms with van der Waals surface area (Å²) in [4.78, 5) is -0.205. The molecule has 1 rings (SSSR count). The molecule has 0 bridgehead atoms.